The fraction of sp³-hybridized carbons (Fsp3) is 0.471. The standard InChI is InChI=1S/C34H42O8/c1-32(2)18-39-30(40-19-32)22-8-14-28(37-6)26(16-22)34(35,24-10-12-25(36-5)13-11-24)27-17-23(9-15-29(27)38-7)31-41-20-33(3,4)21-42-31/h8-17,30-31,35H,18-21H2,1-7H3. The average molecular weight is 579 g/mol. The van der Waals surface area contributed by atoms with Crippen molar-refractivity contribution in [1.29, 1.82) is 0 Å². The van der Waals surface area contributed by atoms with Crippen LogP contribution in [0.15, 0.2) is 60.7 Å². The van der Waals surface area contributed by atoms with E-state index in [1.165, 1.54) is 0 Å². The molecule has 226 valence electrons. The first-order chi connectivity index (χ1) is 20.0. The number of hydrogen-bond acceptors (Lipinski definition) is 8. The molecule has 0 bridgehead atoms. The molecule has 3 aromatic carbocycles. The van der Waals surface area contributed by atoms with E-state index in [-0.39, 0.29) is 10.8 Å². The third-order valence-corrected chi connectivity index (χ3v) is 7.78. The van der Waals surface area contributed by atoms with Gasteiger partial charge >= 0.3 is 0 Å². The Balaban J connectivity index is 1.67. The van der Waals surface area contributed by atoms with Gasteiger partial charge in [0.05, 0.1) is 47.8 Å². The second-order valence-corrected chi connectivity index (χ2v) is 12.6. The van der Waals surface area contributed by atoms with Crippen molar-refractivity contribution in [3.8, 4) is 17.2 Å². The van der Waals surface area contributed by atoms with Crippen LogP contribution in [-0.4, -0.2) is 52.9 Å². The third-order valence-electron chi connectivity index (χ3n) is 7.78. The summed E-state index contributed by atoms with van der Waals surface area (Å²) >= 11 is 0. The van der Waals surface area contributed by atoms with Gasteiger partial charge in [0.15, 0.2) is 12.6 Å². The molecule has 0 spiro atoms. The van der Waals surface area contributed by atoms with E-state index in [1.807, 2.05) is 60.7 Å². The van der Waals surface area contributed by atoms with Crippen molar-refractivity contribution in [3.63, 3.8) is 0 Å². The third kappa shape index (κ3) is 6.00. The lowest BCUT2D eigenvalue weighted by Gasteiger charge is -2.37. The summed E-state index contributed by atoms with van der Waals surface area (Å²) in [6, 6.07) is 18.5. The molecule has 42 heavy (non-hydrogen) atoms. The Labute approximate surface area is 248 Å². The minimum absolute atomic E-state index is 0.0814. The predicted octanol–water partition coefficient (Wildman–Crippen LogP) is 6.14. The molecule has 8 nitrogen and oxygen atoms in total. The summed E-state index contributed by atoms with van der Waals surface area (Å²) in [7, 11) is 4.78. The Morgan fingerprint density at radius 1 is 0.619 bits per heavy atom. The number of aliphatic hydroxyl groups is 1. The maximum Gasteiger partial charge on any atom is 0.183 e. The summed E-state index contributed by atoms with van der Waals surface area (Å²) in [5, 5.41) is 13.1. The Bertz CT molecular complexity index is 1280. The normalized spacial score (nSPS) is 19.3. The van der Waals surface area contributed by atoms with Crippen molar-refractivity contribution < 1.29 is 38.3 Å². The van der Waals surface area contributed by atoms with Gasteiger partial charge in [-0.3, -0.25) is 0 Å². The molecule has 0 atom stereocenters. The van der Waals surface area contributed by atoms with Crippen molar-refractivity contribution in [2.24, 2.45) is 10.8 Å². The maximum absolute atomic E-state index is 13.1. The minimum Gasteiger partial charge on any atom is -0.497 e. The summed E-state index contributed by atoms with van der Waals surface area (Å²) < 4.78 is 41.5. The maximum atomic E-state index is 13.1. The first kappa shape index (κ1) is 30.3. The van der Waals surface area contributed by atoms with Crippen LogP contribution < -0.4 is 14.2 Å². The molecule has 2 saturated heterocycles. The molecule has 2 fully saturated rings. The summed E-state index contributed by atoms with van der Waals surface area (Å²) in [6.07, 6.45) is -1.16. The zero-order valence-corrected chi connectivity index (χ0v) is 25.6. The Morgan fingerprint density at radius 3 is 1.38 bits per heavy atom. The highest BCUT2D eigenvalue weighted by molar-refractivity contribution is 5.58. The van der Waals surface area contributed by atoms with E-state index in [4.69, 9.17) is 33.2 Å². The molecule has 2 aliphatic rings. The molecule has 2 aliphatic heterocycles. The zero-order valence-electron chi connectivity index (χ0n) is 25.6. The van der Waals surface area contributed by atoms with Crippen LogP contribution in [0.25, 0.3) is 0 Å². The summed E-state index contributed by atoms with van der Waals surface area (Å²) in [4.78, 5) is 0. The lowest BCUT2D eigenvalue weighted by atomic mass is 9.78. The largest absolute Gasteiger partial charge is 0.497 e. The molecule has 8 heteroatoms. The molecular weight excluding hydrogens is 536 g/mol. The first-order valence-electron chi connectivity index (χ1n) is 14.2. The lowest BCUT2D eigenvalue weighted by Crippen LogP contribution is -2.35. The smallest absolute Gasteiger partial charge is 0.183 e. The van der Waals surface area contributed by atoms with Crippen LogP contribution in [0, 0.1) is 10.8 Å². The van der Waals surface area contributed by atoms with E-state index in [0.717, 1.165) is 11.1 Å². The van der Waals surface area contributed by atoms with Crippen molar-refractivity contribution in [2.45, 2.75) is 45.9 Å². The fourth-order valence-electron chi connectivity index (χ4n) is 5.37. The van der Waals surface area contributed by atoms with E-state index in [1.54, 1.807) is 21.3 Å². The predicted molar refractivity (Wildman–Crippen MR) is 158 cm³/mol. The van der Waals surface area contributed by atoms with Crippen LogP contribution in [-0.2, 0) is 24.5 Å². The molecule has 2 heterocycles. The van der Waals surface area contributed by atoms with Gasteiger partial charge in [0.1, 0.15) is 22.8 Å². The molecular formula is C34H42O8. The molecule has 5 rings (SSSR count). The first-order valence-corrected chi connectivity index (χ1v) is 14.2. The quantitative estimate of drug-likeness (QED) is 0.319. The van der Waals surface area contributed by atoms with Gasteiger partial charge in [-0.2, -0.15) is 0 Å². The van der Waals surface area contributed by atoms with E-state index in [2.05, 4.69) is 27.7 Å². The number of methoxy groups -OCH3 is 3. The molecule has 0 radical (unpaired) electrons. The topological polar surface area (TPSA) is 84.8 Å². The van der Waals surface area contributed by atoms with Gasteiger partial charge in [0.25, 0.3) is 0 Å². The number of rotatable bonds is 8. The zero-order chi connectivity index (χ0) is 30.1. The lowest BCUT2D eigenvalue weighted by molar-refractivity contribution is -0.226. The van der Waals surface area contributed by atoms with Crippen LogP contribution in [0.3, 0.4) is 0 Å². The van der Waals surface area contributed by atoms with E-state index in [9.17, 15) is 5.11 Å². The van der Waals surface area contributed by atoms with Crippen LogP contribution in [0.5, 0.6) is 17.2 Å². The van der Waals surface area contributed by atoms with E-state index >= 15 is 0 Å². The molecule has 0 aromatic heterocycles. The fourth-order valence-corrected chi connectivity index (χ4v) is 5.37. The SMILES string of the molecule is COc1ccc(C(O)(c2cc(C3OCC(C)(C)CO3)ccc2OC)c2cc(C3OCC(C)(C)CO3)ccc2OC)cc1. The molecule has 1 N–H and O–H groups in total. The number of hydrogen-bond donors (Lipinski definition) is 1. The van der Waals surface area contributed by atoms with Gasteiger partial charge in [-0.15, -0.1) is 0 Å². The van der Waals surface area contributed by atoms with Crippen molar-refractivity contribution in [2.75, 3.05) is 47.8 Å². The second kappa shape index (κ2) is 11.9. The molecule has 0 saturated carbocycles. The highest BCUT2D eigenvalue weighted by Crippen LogP contribution is 2.47. The summed E-state index contributed by atoms with van der Waals surface area (Å²) in [5.74, 6) is 1.65. The molecule has 0 unspecified atom stereocenters. The van der Waals surface area contributed by atoms with Crippen LogP contribution in [0.4, 0.5) is 0 Å². The monoisotopic (exact) mass is 578 g/mol. The Kier molecular flexibility index (Phi) is 8.56. The van der Waals surface area contributed by atoms with E-state index < -0.39 is 18.2 Å². The minimum atomic E-state index is -1.73. The van der Waals surface area contributed by atoms with Crippen LogP contribution in [0.2, 0.25) is 0 Å². The number of ether oxygens (including phenoxy) is 7. The highest BCUT2D eigenvalue weighted by atomic mass is 16.7. The van der Waals surface area contributed by atoms with Crippen molar-refractivity contribution >= 4 is 0 Å². The molecule has 0 aliphatic carbocycles. The van der Waals surface area contributed by atoms with Gasteiger partial charge in [-0.25, -0.2) is 0 Å². The summed E-state index contributed by atoms with van der Waals surface area (Å²) in [5.41, 5.74) is 1.25. The van der Waals surface area contributed by atoms with Gasteiger partial charge in [0.2, 0.25) is 0 Å². The van der Waals surface area contributed by atoms with Gasteiger partial charge in [-0.05, 0) is 42.0 Å². The highest BCUT2D eigenvalue weighted by Gasteiger charge is 2.41. The second-order valence-electron chi connectivity index (χ2n) is 12.6. The van der Waals surface area contributed by atoms with Gasteiger partial charge in [-0.1, -0.05) is 52.0 Å². The van der Waals surface area contributed by atoms with Gasteiger partial charge < -0.3 is 38.3 Å². The van der Waals surface area contributed by atoms with Crippen molar-refractivity contribution in [1.82, 2.24) is 0 Å². The van der Waals surface area contributed by atoms with E-state index in [0.29, 0.717) is 60.4 Å². The van der Waals surface area contributed by atoms with Gasteiger partial charge in [0, 0.05) is 33.1 Å². The van der Waals surface area contributed by atoms with Crippen LogP contribution in [0.1, 0.15) is 68.1 Å². The average Bonchev–Trinajstić information content (AvgIpc) is 3.00. The van der Waals surface area contributed by atoms with Crippen molar-refractivity contribution in [3.05, 3.63) is 88.5 Å². The summed E-state index contributed by atoms with van der Waals surface area (Å²) in [6.45, 7) is 10.6. The number of benzene rings is 3. The van der Waals surface area contributed by atoms with Crippen LogP contribution >= 0.6 is 0 Å². The molecule has 0 amide bonds. The molecule has 3 aromatic rings. The Morgan fingerprint density at radius 2 is 1.02 bits per heavy atom. The Hall–Kier alpha value is -3.14.